The number of sulfonamides is 1. The average Bonchev–Trinajstić information content (AvgIpc) is 2.76. The molecule has 7 nitrogen and oxygen atoms in total. The van der Waals surface area contributed by atoms with Crippen LogP contribution in [0, 0.1) is 0 Å². The van der Waals surface area contributed by atoms with Gasteiger partial charge >= 0.3 is 5.76 Å². The van der Waals surface area contributed by atoms with E-state index < -0.39 is 15.8 Å². The normalized spacial score (nSPS) is 24.5. The summed E-state index contributed by atoms with van der Waals surface area (Å²) >= 11 is 0. The van der Waals surface area contributed by atoms with Crippen LogP contribution in [0.4, 0.5) is 0 Å². The molecule has 1 aliphatic heterocycles. The van der Waals surface area contributed by atoms with Crippen LogP contribution in [0.5, 0.6) is 0 Å². The highest BCUT2D eigenvalue weighted by Gasteiger charge is 2.32. The van der Waals surface area contributed by atoms with Gasteiger partial charge in [-0.15, -0.1) is 0 Å². The third-order valence-electron chi connectivity index (χ3n) is 3.42. The SMILES string of the molecule is C[C@@H]1CN(S(=O)(=O)c2ccc3[nH]c(=O)oc3c2)C[C@H](C)O1. The molecule has 0 aliphatic carbocycles. The number of benzene rings is 1. The third-order valence-corrected chi connectivity index (χ3v) is 5.24. The van der Waals surface area contributed by atoms with E-state index in [2.05, 4.69) is 4.98 Å². The predicted octanol–water partition coefficient (Wildman–Crippen LogP) is 0.919. The zero-order valence-corrected chi connectivity index (χ0v) is 12.5. The fourth-order valence-electron chi connectivity index (χ4n) is 2.56. The highest BCUT2D eigenvalue weighted by atomic mass is 32.2. The standard InChI is InChI=1S/C13H16N2O5S/c1-8-6-15(7-9(2)19-8)21(17,18)10-3-4-11-12(5-10)20-13(16)14-11/h3-5,8-9H,6-7H2,1-2H3,(H,14,16)/t8-,9+. The number of aromatic nitrogens is 1. The molecule has 0 bridgehead atoms. The van der Waals surface area contributed by atoms with Crippen LogP contribution in [-0.2, 0) is 14.8 Å². The van der Waals surface area contributed by atoms with Crippen molar-refractivity contribution < 1.29 is 17.6 Å². The number of nitrogens with one attached hydrogen (secondary N) is 1. The quantitative estimate of drug-likeness (QED) is 0.890. The molecule has 0 saturated carbocycles. The van der Waals surface area contributed by atoms with Gasteiger partial charge in [-0.25, -0.2) is 13.2 Å². The molecule has 114 valence electrons. The topological polar surface area (TPSA) is 92.6 Å². The second-order valence-electron chi connectivity index (χ2n) is 5.25. The first kappa shape index (κ1) is 14.3. The van der Waals surface area contributed by atoms with E-state index in [1.165, 1.54) is 22.5 Å². The fraction of sp³-hybridized carbons (Fsp3) is 0.462. The molecule has 0 unspecified atom stereocenters. The number of ether oxygens (including phenoxy) is 1. The second-order valence-corrected chi connectivity index (χ2v) is 7.19. The molecule has 21 heavy (non-hydrogen) atoms. The maximum atomic E-state index is 12.7. The Labute approximate surface area is 121 Å². The summed E-state index contributed by atoms with van der Waals surface area (Å²) in [5.41, 5.74) is 0.707. The fourth-order valence-corrected chi connectivity index (χ4v) is 4.17. The number of fused-ring (bicyclic) bond motifs is 1. The largest absolute Gasteiger partial charge is 0.417 e. The van der Waals surface area contributed by atoms with Crippen LogP contribution < -0.4 is 5.76 Å². The molecule has 0 radical (unpaired) electrons. The summed E-state index contributed by atoms with van der Waals surface area (Å²) in [5.74, 6) is -0.604. The molecular formula is C13H16N2O5S. The highest BCUT2D eigenvalue weighted by molar-refractivity contribution is 7.89. The van der Waals surface area contributed by atoms with Gasteiger partial charge in [-0.2, -0.15) is 4.31 Å². The van der Waals surface area contributed by atoms with Crippen molar-refractivity contribution in [3.05, 3.63) is 28.7 Å². The molecule has 3 rings (SSSR count). The van der Waals surface area contributed by atoms with Gasteiger partial charge in [-0.3, -0.25) is 4.98 Å². The number of hydrogen-bond donors (Lipinski definition) is 1. The van der Waals surface area contributed by atoms with Gasteiger partial charge in [0.1, 0.15) is 0 Å². The van der Waals surface area contributed by atoms with Crippen molar-refractivity contribution in [1.29, 1.82) is 0 Å². The number of aromatic amines is 1. The summed E-state index contributed by atoms with van der Waals surface area (Å²) in [6.45, 7) is 4.29. The molecular weight excluding hydrogens is 296 g/mol. The van der Waals surface area contributed by atoms with Crippen molar-refractivity contribution in [3.63, 3.8) is 0 Å². The van der Waals surface area contributed by atoms with E-state index in [-0.39, 0.29) is 22.7 Å². The van der Waals surface area contributed by atoms with Crippen molar-refractivity contribution in [2.45, 2.75) is 31.0 Å². The number of oxazole rings is 1. The lowest BCUT2D eigenvalue weighted by molar-refractivity contribution is -0.0440. The minimum Gasteiger partial charge on any atom is -0.408 e. The summed E-state index contributed by atoms with van der Waals surface area (Å²) in [6, 6.07) is 4.36. The van der Waals surface area contributed by atoms with E-state index in [0.29, 0.717) is 18.6 Å². The van der Waals surface area contributed by atoms with Gasteiger partial charge in [-0.05, 0) is 26.0 Å². The number of hydrogen-bond acceptors (Lipinski definition) is 5. The lowest BCUT2D eigenvalue weighted by Gasteiger charge is -2.34. The molecule has 2 heterocycles. The maximum Gasteiger partial charge on any atom is 0.417 e. The Balaban J connectivity index is 2.01. The van der Waals surface area contributed by atoms with Crippen LogP contribution in [0.25, 0.3) is 11.1 Å². The number of H-pyrrole nitrogens is 1. The first-order valence-corrected chi connectivity index (χ1v) is 8.09. The van der Waals surface area contributed by atoms with Gasteiger partial charge in [0.2, 0.25) is 10.0 Å². The van der Waals surface area contributed by atoms with E-state index >= 15 is 0 Å². The van der Waals surface area contributed by atoms with Crippen LogP contribution in [-0.4, -0.2) is 43.0 Å². The summed E-state index contributed by atoms with van der Waals surface area (Å²) in [5, 5.41) is 0. The molecule has 1 aromatic heterocycles. The van der Waals surface area contributed by atoms with E-state index in [1.807, 2.05) is 13.8 Å². The Bertz CT molecular complexity index is 812. The molecule has 1 fully saturated rings. The van der Waals surface area contributed by atoms with Gasteiger partial charge in [0, 0.05) is 19.2 Å². The van der Waals surface area contributed by atoms with Crippen LogP contribution in [0.15, 0.2) is 32.3 Å². The molecule has 2 aromatic rings. The van der Waals surface area contributed by atoms with Crippen molar-refractivity contribution >= 4 is 21.1 Å². The Kier molecular flexibility index (Phi) is 3.39. The number of morpholine rings is 1. The number of nitrogens with zero attached hydrogens (tertiary/aromatic N) is 1. The first-order chi connectivity index (χ1) is 9.86. The molecule has 8 heteroatoms. The van der Waals surface area contributed by atoms with Crippen molar-refractivity contribution in [1.82, 2.24) is 9.29 Å². The molecule has 1 saturated heterocycles. The minimum absolute atomic E-state index is 0.110. The summed E-state index contributed by atoms with van der Waals surface area (Å²) < 4.78 is 37.2. The molecule has 0 spiro atoms. The monoisotopic (exact) mass is 312 g/mol. The summed E-state index contributed by atoms with van der Waals surface area (Å²) in [7, 11) is -3.63. The number of rotatable bonds is 2. The van der Waals surface area contributed by atoms with Gasteiger partial charge in [0.25, 0.3) is 0 Å². The Hall–Kier alpha value is -1.64. The zero-order chi connectivity index (χ0) is 15.2. The Morgan fingerprint density at radius 3 is 2.57 bits per heavy atom. The smallest absolute Gasteiger partial charge is 0.408 e. The van der Waals surface area contributed by atoms with Crippen molar-refractivity contribution in [2.24, 2.45) is 0 Å². The van der Waals surface area contributed by atoms with Gasteiger partial charge in [0.05, 0.1) is 22.6 Å². The van der Waals surface area contributed by atoms with Gasteiger partial charge in [0.15, 0.2) is 5.58 Å². The molecule has 1 aliphatic rings. The van der Waals surface area contributed by atoms with Crippen LogP contribution in [0.3, 0.4) is 0 Å². The van der Waals surface area contributed by atoms with Crippen molar-refractivity contribution in [3.8, 4) is 0 Å². The second kappa shape index (κ2) is 4.97. The highest BCUT2D eigenvalue weighted by Crippen LogP contribution is 2.23. The third kappa shape index (κ3) is 2.61. The van der Waals surface area contributed by atoms with E-state index in [4.69, 9.17) is 9.15 Å². The molecule has 0 amide bonds. The first-order valence-electron chi connectivity index (χ1n) is 6.65. The Morgan fingerprint density at radius 2 is 1.90 bits per heavy atom. The van der Waals surface area contributed by atoms with Gasteiger partial charge in [-0.1, -0.05) is 0 Å². The molecule has 1 N–H and O–H groups in total. The lowest BCUT2D eigenvalue weighted by atomic mass is 10.3. The minimum atomic E-state index is -3.63. The predicted molar refractivity (Wildman–Crippen MR) is 75.6 cm³/mol. The average molecular weight is 312 g/mol. The van der Waals surface area contributed by atoms with E-state index in [0.717, 1.165) is 0 Å². The summed E-state index contributed by atoms with van der Waals surface area (Å²) in [4.78, 5) is 13.7. The molecule has 1 aromatic carbocycles. The van der Waals surface area contributed by atoms with E-state index in [9.17, 15) is 13.2 Å². The van der Waals surface area contributed by atoms with E-state index in [1.54, 1.807) is 0 Å². The van der Waals surface area contributed by atoms with Crippen LogP contribution in [0.1, 0.15) is 13.8 Å². The van der Waals surface area contributed by atoms with Crippen molar-refractivity contribution in [2.75, 3.05) is 13.1 Å². The van der Waals surface area contributed by atoms with Crippen LogP contribution in [0.2, 0.25) is 0 Å². The lowest BCUT2D eigenvalue weighted by Crippen LogP contribution is -2.48. The molecule has 2 atom stereocenters. The van der Waals surface area contributed by atoms with Gasteiger partial charge < -0.3 is 9.15 Å². The maximum absolute atomic E-state index is 12.7. The Morgan fingerprint density at radius 1 is 1.24 bits per heavy atom. The zero-order valence-electron chi connectivity index (χ0n) is 11.7. The summed E-state index contributed by atoms with van der Waals surface area (Å²) in [6.07, 6.45) is -0.310. The van der Waals surface area contributed by atoms with Crippen LogP contribution >= 0.6 is 0 Å².